The first kappa shape index (κ1) is 16.8. The molecule has 0 saturated heterocycles. The SMILES string of the molecule is N#Cc1ccc(-c2cncnc2SC(F)(F)C(=O)O)c2ccccc12. The van der Waals surface area contributed by atoms with Crippen LogP contribution in [0.3, 0.4) is 0 Å². The number of hydrogen-bond acceptors (Lipinski definition) is 5. The summed E-state index contributed by atoms with van der Waals surface area (Å²) in [5.74, 6) is -2.24. The third-order valence-electron chi connectivity index (χ3n) is 3.48. The van der Waals surface area contributed by atoms with Crippen molar-refractivity contribution in [3.63, 3.8) is 0 Å². The van der Waals surface area contributed by atoms with Gasteiger partial charge in [0.2, 0.25) is 0 Å². The number of carbonyl (C=O) groups is 1. The molecule has 0 saturated carbocycles. The third kappa shape index (κ3) is 3.14. The van der Waals surface area contributed by atoms with Crippen molar-refractivity contribution in [2.75, 3.05) is 0 Å². The zero-order valence-corrected chi connectivity index (χ0v) is 13.3. The molecule has 0 aliphatic carbocycles. The van der Waals surface area contributed by atoms with E-state index < -0.39 is 11.2 Å². The van der Waals surface area contributed by atoms with Crippen LogP contribution in [-0.4, -0.2) is 26.3 Å². The van der Waals surface area contributed by atoms with Gasteiger partial charge in [0.05, 0.1) is 11.6 Å². The number of halogens is 2. The van der Waals surface area contributed by atoms with E-state index in [4.69, 9.17) is 5.11 Å². The predicted molar refractivity (Wildman–Crippen MR) is 88.1 cm³/mol. The number of benzene rings is 2. The Hall–Kier alpha value is -3.05. The molecule has 0 spiro atoms. The van der Waals surface area contributed by atoms with Crippen molar-refractivity contribution >= 4 is 28.5 Å². The van der Waals surface area contributed by atoms with Gasteiger partial charge in [-0.05, 0) is 28.8 Å². The van der Waals surface area contributed by atoms with E-state index in [1.165, 1.54) is 6.20 Å². The molecule has 0 atom stereocenters. The number of nitriles is 1. The average molecular weight is 357 g/mol. The lowest BCUT2D eigenvalue weighted by molar-refractivity contribution is -0.152. The highest BCUT2D eigenvalue weighted by atomic mass is 32.2. The monoisotopic (exact) mass is 357 g/mol. The van der Waals surface area contributed by atoms with E-state index in [9.17, 15) is 18.8 Å². The largest absolute Gasteiger partial charge is 0.476 e. The lowest BCUT2D eigenvalue weighted by Gasteiger charge is -2.14. The highest BCUT2D eigenvalue weighted by Gasteiger charge is 2.41. The molecule has 0 aliphatic rings. The second-order valence-corrected chi connectivity index (χ2v) is 6.09. The van der Waals surface area contributed by atoms with Crippen molar-refractivity contribution in [2.45, 2.75) is 10.3 Å². The Bertz CT molecular complexity index is 1020. The molecule has 3 aromatic rings. The Morgan fingerprint density at radius 1 is 1.16 bits per heavy atom. The number of nitrogens with zero attached hydrogens (tertiary/aromatic N) is 3. The molecule has 0 unspecified atom stereocenters. The summed E-state index contributed by atoms with van der Waals surface area (Å²) >= 11 is -0.155. The van der Waals surface area contributed by atoms with Crippen LogP contribution in [0, 0.1) is 11.3 Å². The summed E-state index contributed by atoms with van der Waals surface area (Å²) < 4.78 is 27.2. The number of rotatable bonds is 4. The van der Waals surface area contributed by atoms with Crippen LogP contribution in [0.5, 0.6) is 0 Å². The van der Waals surface area contributed by atoms with Gasteiger partial charge in [0.1, 0.15) is 11.4 Å². The van der Waals surface area contributed by atoms with Crippen LogP contribution in [0.2, 0.25) is 0 Å². The fourth-order valence-electron chi connectivity index (χ4n) is 2.38. The Morgan fingerprint density at radius 3 is 2.56 bits per heavy atom. The summed E-state index contributed by atoms with van der Waals surface area (Å²) in [4.78, 5) is 18.4. The molecule has 0 amide bonds. The summed E-state index contributed by atoms with van der Waals surface area (Å²) in [5, 5.41) is 15.0. The van der Waals surface area contributed by atoms with Crippen LogP contribution in [0.15, 0.2) is 53.9 Å². The standard InChI is InChI=1S/C17H9F2N3O2S/c18-17(19,16(23)24)25-15-14(8-21-9-22-15)13-6-5-10(7-20)11-3-1-2-4-12(11)13/h1-6,8-9H,(H,23,24). The van der Waals surface area contributed by atoms with E-state index in [-0.39, 0.29) is 22.4 Å². The lowest BCUT2D eigenvalue weighted by atomic mass is 9.97. The van der Waals surface area contributed by atoms with Crippen LogP contribution in [-0.2, 0) is 4.79 Å². The van der Waals surface area contributed by atoms with E-state index in [2.05, 4.69) is 16.0 Å². The van der Waals surface area contributed by atoms with Gasteiger partial charge in [-0.3, -0.25) is 0 Å². The molecule has 5 nitrogen and oxygen atoms in total. The van der Waals surface area contributed by atoms with Gasteiger partial charge in [-0.1, -0.05) is 30.3 Å². The smallest absolute Gasteiger partial charge is 0.394 e. The predicted octanol–water partition coefficient (Wildman–Crippen LogP) is 3.94. The minimum Gasteiger partial charge on any atom is -0.476 e. The molecule has 0 radical (unpaired) electrons. The first-order valence-electron chi connectivity index (χ1n) is 6.96. The number of thioether (sulfide) groups is 1. The third-order valence-corrected chi connectivity index (χ3v) is 4.43. The molecule has 124 valence electrons. The molecule has 0 aliphatic heterocycles. The van der Waals surface area contributed by atoms with Crippen LogP contribution in [0.1, 0.15) is 5.56 Å². The van der Waals surface area contributed by atoms with Crippen molar-refractivity contribution < 1.29 is 18.7 Å². The summed E-state index contributed by atoms with van der Waals surface area (Å²) in [6.07, 6.45) is 2.43. The summed E-state index contributed by atoms with van der Waals surface area (Å²) in [5.41, 5.74) is 1.26. The maximum Gasteiger partial charge on any atom is 0.394 e. The van der Waals surface area contributed by atoms with Crippen LogP contribution in [0.25, 0.3) is 21.9 Å². The van der Waals surface area contributed by atoms with Crippen molar-refractivity contribution in [1.29, 1.82) is 5.26 Å². The summed E-state index contributed by atoms with van der Waals surface area (Å²) in [6, 6.07) is 12.3. The molecule has 1 N–H and O–H groups in total. The van der Waals surface area contributed by atoms with E-state index in [1.54, 1.807) is 36.4 Å². The van der Waals surface area contributed by atoms with E-state index in [0.29, 0.717) is 21.9 Å². The number of carboxylic acid groups (broad SMARTS) is 1. The quantitative estimate of drug-likeness (QED) is 0.562. The molecule has 1 aromatic heterocycles. The highest BCUT2D eigenvalue weighted by molar-refractivity contribution is 8.01. The number of aromatic nitrogens is 2. The maximum absolute atomic E-state index is 13.6. The fourth-order valence-corrected chi connectivity index (χ4v) is 3.08. The first-order chi connectivity index (χ1) is 11.9. The molecular formula is C17H9F2N3O2S. The van der Waals surface area contributed by atoms with Gasteiger partial charge in [-0.2, -0.15) is 14.0 Å². The second kappa shape index (κ2) is 6.45. The molecule has 2 aromatic carbocycles. The second-order valence-electron chi connectivity index (χ2n) is 4.98. The van der Waals surface area contributed by atoms with Gasteiger partial charge in [0, 0.05) is 17.1 Å². The molecule has 0 bridgehead atoms. The topological polar surface area (TPSA) is 86.9 Å². The Kier molecular flexibility index (Phi) is 4.33. The van der Waals surface area contributed by atoms with Gasteiger partial charge >= 0.3 is 11.2 Å². The van der Waals surface area contributed by atoms with Gasteiger partial charge in [0.15, 0.2) is 0 Å². The summed E-state index contributed by atoms with van der Waals surface area (Å²) in [6.45, 7) is 0. The number of alkyl halides is 2. The molecule has 1 heterocycles. The van der Waals surface area contributed by atoms with Gasteiger partial charge in [-0.15, -0.1) is 0 Å². The lowest BCUT2D eigenvalue weighted by Crippen LogP contribution is -2.23. The Balaban J connectivity index is 2.21. The van der Waals surface area contributed by atoms with Crippen molar-refractivity contribution in [3.05, 3.63) is 54.5 Å². The van der Waals surface area contributed by atoms with E-state index in [1.807, 2.05) is 0 Å². The minimum atomic E-state index is -4.02. The highest BCUT2D eigenvalue weighted by Crippen LogP contribution is 2.41. The Labute approximate surface area is 145 Å². The number of hydrogen-bond donors (Lipinski definition) is 1. The van der Waals surface area contributed by atoms with Crippen molar-refractivity contribution in [3.8, 4) is 17.2 Å². The molecule has 0 fully saturated rings. The average Bonchev–Trinajstić information content (AvgIpc) is 2.61. The normalized spacial score (nSPS) is 11.2. The Morgan fingerprint density at radius 2 is 1.88 bits per heavy atom. The fraction of sp³-hybridized carbons (Fsp3) is 0.0588. The van der Waals surface area contributed by atoms with Crippen LogP contribution >= 0.6 is 11.8 Å². The number of carboxylic acids is 1. The van der Waals surface area contributed by atoms with Gasteiger partial charge in [-0.25, -0.2) is 14.8 Å². The summed E-state index contributed by atoms with van der Waals surface area (Å²) in [7, 11) is 0. The van der Waals surface area contributed by atoms with Gasteiger partial charge < -0.3 is 5.11 Å². The molecule has 8 heteroatoms. The van der Waals surface area contributed by atoms with Gasteiger partial charge in [0.25, 0.3) is 0 Å². The molecule has 3 rings (SSSR count). The van der Waals surface area contributed by atoms with E-state index in [0.717, 1.165) is 6.33 Å². The van der Waals surface area contributed by atoms with E-state index >= 15 is 0 Å². The molecular weight excluding hydrogens is 348 g/mol. The van der Waals surface area contributed by atoms with Crippen molar-refractivity contribution in [2.24, 2.45) is 0 Å². The number of fused-ring (bicyclic) bond motifs is 1. The zero-order valence-electron chi connectivity index (χ0n) is 12.5. The number of aliphatic carboxylic acids is 1. The minimum absolute atomic E-state index is 0.155. The van der Waals surface area contributed by atoms with Crippen molar-refractivity contribution in [1.82, 2.24) is 9.97 Å². The molecule has 25 heavy (non-hydrogen) atoms. The van der Waals surface area contributed by atoms with Crippen LogP contribution in [0.4, 0.5) is 8.78 Å². The zero-order chi connectivity index (χ0) is 18.0. The maximum atomic E-state index is 13.6. The first-order valence-corrected chi connectivity index (χ1v) is 7.78. The van der Waals surface area contributed by atoms with Crippen LogP contribution < -0.4 is 0 Å².